The zero-order valence-electron chi connectivity index (χ0n) is 12.4. The second-order valence-electron chi connectivity index (χ2n) is 4.93. The zero-order valence-corrected chi connectivity index (χ0v) is 14.0. The highest BCUT2D eigenvalue weighted by Gasteiger charge is 2.19. The van der Waals surface area contributed by atoms with Crippen molar-refractivity contribution in [3.05, 3.63) is 35.9 Å². The first-order chi connectivity index (χ1) is 11.3. The minimum atomic E-state index is 0.261. The Kier molecular flexibility index (Phi) is 3.66. The molecule has 0 saturated heterocycles. The van der Waals surface area contributed by atoms with Crippen molar-refractivity contribution >= 4 is 33.3 Å². The molecule has 0 fully saturated rings. The Balaban J connectivity index is 1.86. The number of hydrogen-bond acceptors (Lipinski definition) is 7. The molecule has 5 nitrogen and oxygen atoms in total. The third kappa shape index (κ3) is 2.55. The Morgan fingerprint density at radius 3 is 3.04 bits per heavy atom. The van der Waals surface area contributed by atoms with Crippen LogP contribution in [0.2, 0.25) is 0 Å². The fraction of sp³-hybridized carbons (Fsp3) is 0.188. The maximum Gasteiger partial charge on any atom is 0.231 e. The standard InChI is InChI=1S/C16H13N3O2S2/c1-3-6-22-16-14-15(23-9(2)17-14)13(18-19-16)10-4-5-11-12(7-10)21-8-20-11/h3-5,7H,1,6,8H2,2H3. The third-order valence-electron chi connectivity index (χ3n) is 3.38. The van der Waals surface area contributed by atoms with Crippen LogP contribution in [0, 0.1) is 6.92 Å². The van der Waals surface area contributed by atoms with Crippen LogP contribution in [0.15, 0.2) is 35.9 Å². The molecule has 0 unspecified atom stereocenters. The quantitative estimate of drug-likeness (QED) is 0.526. The Hall–Kier alpha value is -2.12. The fourth-order valence-corrected chi connectivity index (χ4v) is 4.04. The largest absolute Gasteiger partial charge is 0.454 e. The van der Waals surface area contributed by atoms with E-state index in [-0.39, 0.29) is 6.79 Å². The molecule has 0 bridgehead atoms. The van der Waals surface area contributed by atoms with Crippen molar-refractivity contribution < 1.29 is 9.47 Å². The average Bonchev–Trinajstić information content (AvgIpc) is 3.17. The Labute approximate surface area is 141 Å². The number of aromatic nitrogens is 3. The number of nitrogens with zero attached hydrogens (tertiary/aromatic N) is 3. The molecule has 0 N–H and O–H groups in total. The van der Waals surface area contributed by atoms with Gasteiger partial charge >= 0.3 is 0 Å². The fourth-order valence-electron chi connectivity index (χ4n) is 2.39. The number of ether oxygens (including phenoxy) is 2. The summed E-state index contributed by atoms with van der Waals surface area (Å²) in [5, 5.41) is 10.6. The first-order valence-electron chi connectivity index (χ1n) is 7.04. The van der Waals surface area contributed by atoms with Gasteiger partial charge in [0.05, 0.1) is 9.71 Å². The van der Waals surface area contributed by atoms with Crippen molar-refractivity contribution in [1.29, 1.82) is 0 Å². The van der Waals surface area contributed by atoms with Crippen LogP contribution in [0.3, 0.4) is 0 Å². The van der Waals surface area contributed by atoms with Crippen LogP contribution in [-0.4, -0.2) is 27.7 Å². The van der Waals surface area contributed by atoms with Gasteiger partial charge in [0.15, 0.2) is 11.5 Å². The van der Waals surface area contributed by atoms with Gasteiger partial charge < -0.3 is 9.47 Å². The van der Waals surface area contributed by atoms with E-state index in [0.29, 0.717) is 0 Å². The van der Waals surface area contributed by atoms with Gasteiger partial charge in [-0.15, -0.1) is 28.1 Å². The highest BCUT2D eigenvalue weighted by atomic mass is 32.2. The van der Waals surface area contributed by atoms with E-state index in [9.17, 15) is 0 Å². The van der Waals surface area contributed by atoms with E-state index in [4.69, 9.17) is 9.47 Å². The molecule has 116 valence electrons. The predicted molar refractivity (Wildman–Crippen MR) is 92.4 cm³/mol. The lowest BCUT2D eigenvalue weighted by atomic mass is 10.1. The Morgan fingerprint density at radius 2 is 2.17 bits per heavy atom. The summed E-state index contributed by atoms with van der Waals surface area (Å²) in [6.07, 6.45) is 1.85. The number of benzene rings is 1. The van der Waals surface area contributed by atoms with Crippen LogP contribution in [0.4, 0.5) is 0 Å². The van der Waals surface area contributed by atoms with E-state index in [1.165, 1.54) is 0 Å². The van der Waals surface area contributed by atoms with Gasteiger partial charge in [0.1, 0.15) is 16.2 Å². The summed E-state index contributed by atoms with van der Waals surface area (Å²) in [6, 6.07) is 5.82. The molecular weight excluding hydrogens is 330 g/mol. The Bertz CT molecular complexity index is 908. The van der Waals surface area contributed by atoms with Gasteiger partial charge in [0.2, 0.25) is 6.79 Å². The molecule has 1 aliphatic rings. The van der Waals surface area contributed by atoms with Crippen LogP contribution in [0.1, 0.15) is 5.01 Å². The van der Waals surface area contributed by atoms with Crippen LogP contribution in [-0.2, 0) is 0 Å². The van der Waals surface area contributed by atoms with Crippen LogP contribution >= 0.6 is 23.1 Å². The maximum atomic E-state index is 5.46. The lowest BCUT2D eigenvalue weighted by Crippen LogP contribution is -1.93. The molecule has 0 amide bonds. The van der Waals surface area contributed by atoms with Gasteiger partial charge in [-0.2, -0.15) is 0 Å². The third-order valence-corrected chi connectivity index (χ3v) is 5.30. The van der Waals surface area contributed by atoms with Crippen molar-refractivity contribution in [2.45, 2.75) is 11.9 Å². The molecule has 3 heterocycles. The van der Waals surface area contributed by atoms with Crippen molar-refractivity contribution in [1.82, 2.24) is 15.2 Å². The highest BCUT2D eigenvalue weighted by Crippen LogP contribution is 2.39. The van der Waals surface area contributed by atoms with E-state index in [2.05, 4.69) is 21.8 Å². The number of rotatable bonds is 4. The summed E-state index contributed by atoms with van der Waals surface area (Å²) in [5.74, 6) is 2.28. The number of thioether (sulfide) groups is 1. The topological polar surface area (TPSA) is 57.1 Å². The summed E-state index contributed by atoms with van der Waals surface area (Å²) >= 11 is 3.22. The summed E-state index contributed by atoms with van der Waals surface area (Å²) < 4.78 is 11.9. The van der Waals surface area contributed by atoms with Gasteiger partial charge in [-0.3, -0.25) is 0 Å². The smallest absolute Gasteiger partial charge is 0.231 e. The minimum absolute atomic E-state index is 0.261. The number of hydrogen-bond donors (Lipinski definition) is 0. The summed E-state index contributed by atoms with van der Waals surface area (Å²) in [4.78, 5) is 4.63. The molecule has 0 spiro atoms. The molecule has 3 aromatic rings. The lowest BCUT2D eigenvalue weighted by Gasteiger charge is -2.05. The molecule has 0 saturated carbocycles. The van der Waals surface area contributed by atoms with E-state index in [0.717, 1.165) is 48.8 Å². The van der Waals surface area contributed by atoms with Gasteiger partial charge in [-0.25, -0.2) is 4.98 Å². The second kappa shape index (κ2) is 5.82. The van der Waals surface area contributed by atoms with E-state index >= 15 is 0 Å². The highest BCUT2D eigenvalue weighted by molar-refractivity contribution is 7.99. The molecule has 1 aromatic carbocycles. The summed E-state index contributed by atoms with van der Waals surface area (Å²) in [6.45, 7) is 6.00. The number of aryl methyl sites for hydroxylation is 1. The van der Waals surface area contributed by atoms with Crippen molar-refractivity contribution in [3.63, 3.8) is 0 Å². The van der Waals surface area contributed by atoms with E-state index in [1.807, 2.05) is 31.2 Å². The average molecular weight is 343 g/mol. The molecular formula is C16H13N3O2S2. The minimum Gasteiger partial charge on any atom is -0.454 e. The number of fused-ring (bicyclic) bond motifs is 2. The van der Waals surface area contributed by atoms with Crippen LogP contribution in [0.5, 0.6) is 11.5 Å². The second-order valence-corrected chi connectivity index (χ2v) is 7.14. The first-order valence-corrected chi connectivity index (χ1v) is 8.84. The van der Waals surface area contributed by atoms with E-state index in [1.54, 1.807) is 23.1 Å². The summed E-state index contributed by atoms with van der Waals surface area (Å²) in [7, 11) is 0. The number of thiazole rings is 1. The van der Waals surface area contributed by atoms with Crippen molar-refractivity contribution in [3.8, 4) is 22.8 Å². The molecule has 1 aliphatic heterocycles. The van der Waals surface area contributed by atoms with Crippen molar-refractivity contribution in [2.24, 2.45) is 0 Å². The zero-order chi connectivity index (χ0) is 15.8. The van der Waals surface area contributed by atoms with Gasteiger partial charge in [0, 0.05) is 11.3 Å². The van der Waals surface area contributed by atoms with Gasteiger partial charge in [-0.1, -0.05) is 17.8 Å². The van der Waals surface area contributed by atoms with Gasteiger partial charge in [0.25, 0.3) is 0 Å². The lowest BCUT2D eigenvalue weighted by molar-refractivity contribution is 0.174. The normalized spacial score (nSPS) is 12.7. The predicted octanol–water partition coefficient (Wildman–Crippen LogP) is 4.07. The van der Waals surface area contributed by atoms with E-state index < -0.39 is 0 Å². The SMILES string of the molecule is C=CCSc1nnc(-c2ccc3c(c2)OCO3)c2sc(C)nc12. The first kappa shape index (κ1) is 14.5. The molecule has 23 heavy (non-hydrogen) atoms. The maximum absolute atomic E-state index is 5.46. The molecule has 0 radical (unpaired) electrons. The molecule has 0 aliphatic carbocycles. The molecule has 7 heteroatoms. The van der Waals surface area contributed by atoms with Crippen LogP contribution < -0.4 is 9.47 Å². The molecule has 0 atom stereocenters. The van der Waals surface area contributed by atoms with Crippen molar-refractivity contribution in [2.75, 3.05) is 12.5 Å². The summed E-state index contributed by atoms with van der Waals surface area (Å²) in [5.41, 5.74) is 2.68. The van der Waals surface area contributed by atoms with Gasteiger partial charge in [-0.05, 0) is 25.1 Å². The van der Waals surface area contributed by atoms with Crippen LogP contribution in [0.25, 0.3) is 21.5 Å². The molecule has 2 aromatic heterocycles. The molecule has 4 rings (SSSR count). The Morgan fingerprint density at radius 1 is 1.30 bits per heavy atom. The monoisotopic (exact) mass is 343 g/mol.